The van der Waals surface area contributed by atoms with E-state index in [0.717, 1.165) is 50.5 Å². The molecule has 4 heteroatoms. The molecule has 1 aliphatic heterocycles. The highest BCUT2D eigenvalue weighted by atomic mass is 16.2. The van der Waals surface area contributed by atoms with Crippen LogP contribution in [-0.2, 0) is 6.54 Å². The van der Waals surface area contributed by atoms with Crippen molar-refractivity contribution in [3.05, 3.63) is 35.4 Å². The molecule has 0 spiro atoms. The van der Waals surface area contributed by atoms with Crippen molar-refractivity contribution in [2.24, 2.45) is 17.8 Å². The SMILES string of the molecule is Cc1cccc(CN2CCN(C(=O)NC34CC5CC(CC(C5)C3)C4)CC2)c1. The molecule has 0 radical (unpaired) electrons. The lowest BCUT2D eigenvalue weighted by Crippen LogP contribution is -2.63. The lowest BCUT2D eigenvalue weighted by molar-refractivity contribution is -0.0165. The highest BCUT2D eigenvalue weighted by molar-refractivity contribution is 5.75. The minimum Gasteiger partial charge on any atom is -0.333 e. The number of carbonyl (C=O) groups is 1. The molecule has 0 atom stereocenters. The predicted octanol–water partition coefficient (Wildman–Crippen LogP) is 3.79. The minimum atomic E-state index is 0.129. The Bertz CT molecular complexity index is 672. The molecular weight excluding hydrogens is 334 g/mol. The highest BCUT2D eigenvalue weighted by Crippen LogP contribution is 2.55. The van der Waals surface area contributed by atoms with Crippen molar-refractivity contribution in [3.8, 4) is 0 Å². The lowest BCUT2D eigenvalue weighted by Gasteiger charge is -2.57. The zero-order valence-electron chi connectivity index (χ0n) is 16.6. The summed E-state index contributed by atoms with van der Waals surface area (Å²) >= 11 is 0. The van der Waals surface area contributed by atoms with Crippen molar-refractivity contribution in [2.75, 3.05) is 26.2 Å². The summed E-state index contributed by atoms with van der Waals surface area (Å²) in [5.74, 6) is 2.63. The minimum absolute atomic E-state index is 0.129. The fourth-order valence-electron chi connectivity index (χ4n) is 6.75. The van der Waals surface area contributed by atoms with Crippen molar-refractivity contribution in [3.63, 3.8) is 0 Å². The monoisotopic (exact) mass is 367 g/mol. The summed E-state index contributed by atoms with van der Waals surface area (Å²) in [6.45, 7) is 6.79. The number of benzene rings is 1. The second-order valence-electron chi connectivity index (χ2n) is 9.88. The van der Waals surface area contributed by atoms with Gasteiger partial charge in [-0.2, -0.15) is 0 Å². The molecule has 1 N–H and O–H groups in total. The molecule has 4 saturated carbocycles. The Morgan fingerprint density at radius 2 is 1.67 bits per heavy atom. The second kappa shape index (κ2) is 6.80. The number of nitrogens with zero attached hydrogens (tertiary/aromatic N) is 2. The van der Waals surface area contributed by atoms with Crippen LogP contribution in [0.4, 0.5) is 4.79 Å². The summed E-state index contributed by atoms with van der Waals surface area (Å²) in [6.07, 6.45) is 7.97. The van der Waals surface area contributed by atoms with E-state index in [1.165, 1.54) is 49.7 Å². The zero-order valence-corrected chi connectivity index (χ0v) is 16.6. The van der Waals surface area contributed by atoms with E-state index < -0.39 is 0 Å². The van der Waals surface area contributed by atoms with E-state index in [2.05, 4.69) is 46.3 Å². The van der Waals surface area contributed by atoms with E-state index in [1.807, 2.05) is 0 Å². The van der Waals surface area contributed by atoms with Gasteiger partial charge in [-0.05, 0) is 68.8 Å². The van der Waals surface area contributed by atoms with Gasteiger partial charge in [0, 0.05) is 38.3 Å². The van der Waals surface area contributed by atoms with Gasteiger partial charge in [-0.3, -0.25) is 4.90 Å². The fourth-order valence-corrected chi connectivity index (χ4v) is 6.75. The number of nitrogens with one attached hydrogen (secondary N) is 1. The molecule has 1 aromatic rings. The molecule has 4 aliphatic carbocycles. The lowest BCUT2D eigenvalue weighted by atomic mass is 9.53. The summed E-state index contributed by atoms with van der Waals surface area (Å²) in [4.78, 5) is 17.5. The van der Waals surface area contributed by atoms with Crippen LogP contribution in [0.25, 0.3) is 0 Å². The Hall–Kier alpha value is -1.55. The maximum atomic E-state index is 13.0. The second-order valence-corrected chi connectivity index (χ2v) is 9.88. The molecule has 2 amide bonds. The molecule has 0 aromatic heterocycles. The van der Waals surface area contributed by atoms with E-state index in [4.69, 9.17) is 0 Å². The van der Waals surface area contributed by atoms with Crippen LogP contribution in [0.1, 0.15) is 49.7 Å². The standard InChI is InChI=1S/C23H33N3O/c1-17-3-2-4-18(9-17)16-25-5-7-26(8-6-25)22(27)24-23-13-19-10-20(14-23)12-21(11-19)15-23/h2-4,9,19-21H,5-8,10-16H2,1H3,(H,24,27). The maximum Gasteiger partial charge on any atom is 0.317 e. The van der Waals surface area contributed by atoms with Crippen LogP contribution in [0, 0.1) is 24.7 Å². The average molecular weight is 368 g/mol. The Labute approximate surface area is 163 Å². The number of hydrogen-bond donors (Lipinski definition) is 1. The highest BCUT2D eigenvalue weighted by Gasteiger charge is 2.51. The normalized spacial score (nSPS) is 35.4. The summed E-state index contributed by atoms with van der Waals surface area (Å²) in [7, 11) is 0. The van der Waals surface area contributed by atoms with Crippen LogP contribution in [0.5, 0.6) is 0 Å². The van der Waals surface area contributed by atoms with Crippen molar-refractivity contribution in [1.29, 1.82) is 0 Å². The van der Waals surface area contributed by atoms with Crippen LogP contribution in [-0.4, -0.2) is 47.5 Å². The van der Waals surface area contributed by atoms with Gasteiger partial charge < -0.3 is 10.2 Å². The van der Waals surface area contributed by atoms with Crippen molar-refractivity contribution < 1.29 is 4.79 Å². The maximum absolute atomic E-state index is 13.0. The van der Waals surface area contributed by atoms with Gasteiger partial charge >= 0.3 is 6.03 Å². The largest absolute Gasteiger partial charge is 0.333 e. The molecular formula is C23H33N3O. The topological polar surface area (TPSA) is 35.6 Å². The molecule has 5 aliphatic rings. The van der Waals surface area contributed by atoms with Gasteiger partial charge in [0.15, 0.2) is 0 Å². The van der Waals surface area contributed by atoms with E-state index >= 15 is 0 Å². The van der Waals surface area contributed by atoms with E-state index in [9.17, 15) is 4.79 Å². The van der Waals surface area contributed by atoms with E-state index in [0.29, 0.717) is 0 Å². The number of aryl methyl sites for hydroxylation is 1. The summed E-state index contributed by atoms with van der Waals surface area (Å²) < 4.78 is 0. The molecule has 1 saturated heterocycles. The molecule has 4 nitrogen and oxygen atoms in total. The van der Waals surface area contributed by atoms with Gasteiger partial charge in [0.2, 0.25) is 0 Å². The quantitative estimate of drug-likeness (QED) is 0.882. The van der Waals surface area contributed by atoms with E-state index in [1.54, 1.807) is 0 Å². The first-order chi connectivity index (χ1) is 13.1. The summed E-state index contributed by atoms with van der Waals surface area (Å²) in [5, 5.41) is 3.53. The summed E-state index contributed by atoms with van der Waals surface area (Å²) in [5.41, 5.74) is 2.83. The number of hydrogen-bond acceptors (Lipinski definition) is 2. The number of urea groups is 1. The van der Waals surface area contributed by atoms with Crippen LogP contribution >= 0.6 is 0 Å². The van der Waals surface area contributed by atoms with Crippen LogP contribution < -0.4 is 5.32 Å². The van der Waals surface area contributed by atoms with Gasteiger partial charge in [0.25, 0.3) is 0 Å². The first kappa shape index (κ1) is 17.5. The van der Waals surface area contributed by atoms with Gasteiger partial charge in [0.05, 0.1) is 0 Å². The average Bonchev–Trinajstić information content (AvgIpc) is 2.61. The van der Waals surface area contributed by atoms with Crippen LogP contribution in [0.2, 0.25) is 0 Å². The Morgan fingerprint density at radius 3 is 2.26 bits per heavy atom. The molecule has 0 unspecified atom stereocenters. The Balaban J connectivity index is 1.15. The van der Waals surface area contributed by atoms with Crippen molar-refractivity contribution in [2.45, 2.75) is 57.5 Å². The summed E-state index contributed by atoms with van der Waals surface area (Å²) in [6, 6.07) is 8.97. The predicted molar refractivity (Wildman–Crippen MR) is 107 cm³/mol. The van der Waals surface area contributed by atoms with Gasteiger partial charge in [-0.15, -0.1) is 0 Å². The van der Waals surface area contributed by atoms with Crippen molar-refractivity contribution >= 4 is 6.03 Å². The zero-order chi connectivity index (χ0) is 18.4. The molecule has 5 fully saturated rings. The van der Waals surface area contributed by atoms with Gasteiger partial charge in [-0.1, -0.05) is 29.8 Å². The molecule has 6 rings (SSSR count). The molecule has 146 valence electrons. The van der Waals surface area contributed by atoms with E-state index in [-0.39, 0.29) is 11.6 Å². The third kappa shape index (κ3) is 3.61. The third-order valence-electron chi connectivity index (χ3n) is 7.56. The molecule has 4 bridgehead atoms. The third-order valence-corrected chi connectivity index (χ3v) is 7.56. The smallest absolute Gasteiger partial charge is 0.317 e. The number of piperazine rings is 1. The Kier molecular flexibility index (Phi) is 4.42. The van der Waals surface area contributed by atoms with Crippen LogP contribution in [0.15, 0.2) is 24.3 Å². The fraction of sp³-hybridized carbons (Fsp3) is 0.696. The Morgan fingerprint density at radius 1 is 1.04 bits per heavy atom. The van der Waals surface area contributed by atoms with Gasteiger partial charge in [-0.25, -0.2) is 4.79 Å². The number of carbonyl (C=O) groups excluding carboxylic acids is 1. The van der Waals surface area contributed by atoms with Crippen LogP contribution in [0.3, 0.4) is 0 Å². The van der Waals surface area contributed by atoms with Crippen molar-refractivity contribution in [1.82, 2.24) is 15.1 Å². The number of amides is 2. The molecule has 1 aromatic carbocycles. The first-order valence-electron chi connectivity index (χ1n) is 10.9. The molecule has 1 heterocycles. The van der Waals surface area contributed by atoms with Gasteiger partial charge in [0.1, 0.15) is 0 Å². The first-order valence-corrected chi connectivity index (χ1v) is 10.9. The number of rotatable bonds is 3. The molecule has 27 heavy (non-hydrogen) atoms.